The zero-order chi connectivity index (χ0) is 26.5. The second kappa shape index (κ2) is 11.6. The van der Waals surface area contributed by atoms with Crippen LogP contribution in [0, 0.1) is 13.8 Å². The van der Waals surface area contributed by atoms with Gasteiger partial charge in [-0.2, -0.15) is 5.10 Å². The van der Waals surface area contributed by atoms with Crippen LogP contribution in [0.4, 0.5) is 11.4 Å². The Morgan fingerprint density at radius 3 is 2.28 bits per heavy atom. The number of ether oxygens (including phenoxy) is 1. The van der Waals surface area contributed by atoms with E-state index in [4.69, 9.17) is 4.74 Å². The van der Waals surface area contributed by atoms with Gasteiger partial charge in [0.05, 0.1) is 29.6 Å². The molecule has 0 aliphatic carbocycles. The number of methoxy groups -OCH3 is 1. The summed E-state index contributed by atoms with van der Waals surface area (Å²) in [4.78, 5) is 14.9. The molecule has 0 saturated carbocycles. The molecule has 3 aromatic carbocycles. The van der Waals surface area contributed by atoms with Crippen molar-refractivity contribution in [1.82, 2.24) is 5.43 Å². The minimum atomic E-state index is -4.08. The molecule has 0 aromatic heterocycles. The molecule has 3 rings (SSSR count). The predicted molar refractivity (Wildman–Crippen MR) is 148 cm³/mol. The molecule has 8 nitrogen and oxygen atoms in total. The average Bonchev–Trinajstić information content (AvgIpc) is 2.82. The Hall–Kier alpha value is -3.37. The fraction of sp³-hybridized carbons (Fsp3) is 0.231. The van der Waals surface area contributed by atoms with E-state index >= 15 is 0 Å². The zero-order valence-electron chi connectivity index (χ0n) is 20.8. The van der Waals surface area contributed by atoms with Crippen LogP contribution in [0.2, 0.25) is 0 Å². The van der Waals surface area contributed by atoms with E-state index in [0.717, 1.165) is 31.2 Å². The number of sulfonamides is 1. The van der Waals surface area contributed by atoms with Gasteiger partial charge in [-0.05, 0) is 77.3 Å². The summed E-state index contributed by atoms with van der Waals surface area (Å²) in [6.07, 6.45) is 1.49. The van der Waals surface area contributed by atoms with E-state index in [2.05, 4.69) is 26.5 Å². The highest BCUT2D eigenvalue weighted by molar-refractivity contribution is 9.10. The van der Waals surface area contributed by atoms with Crippen molar-refractivity contribution in [2.45, 2.75) is 18.7 Å². The lowest BCUT2D eigenvalue weighted by atomic mass is 10.2. The van der Waals surface area contributed by atoms with Gasteiger partial charge in [0, 0.05) is 18.6 Å². The molecule has 190 valence electrons. The fourth-order valence-electron chi connectivity index (χ4n) is 3.44. The molecular formula is C26H29BrN4O4S. The third-order valence-electron chi connectivity index (χ3n) is 5.36. The van der Waals surface area contributed by atoms with Gasteiger partial charge < -0.3 is 9.64 Å². The monoisotopic (exact) mass is 572 g/mol. The van der Waals surface area contributed by atoms with E-state index in [9.17, 15) is 13.2 Å². The van der Waals surface area contributed by atoms with Gasteiger partial charge >= 0.3 is 0 Å². The van der Waals surface area contributed by atoms with E-state index in [0.29, 0.717) is 5.75 Å². The van der Waals surface area contributed by atoms with Crippen LogP contribution in [-0.4, -0.2) is 48.3 Å². The van der Waals surface area contributed by atoms with Crippen LogP contribution in [0.5, 0.6) is 5.75 Å². The Morgan fingerprint density at radius 2 is 1.67 bits per heavy atom. The lowest BCUT2D eigenvalue weighted by Gasteiger charge is -2.25. The van der Waals surface area contributed by atoms with Crippen LogP contribution in [0.1, 0.15) is 16.7 Å². The molecule has 0 unspecified atom stereocenters. The van der Waals surface area contributed by atoms with Crippen molar-refractivity contribution in [1.29, 1.82) is 0 Å². The SMILES string of the molecule is COc1ccc(C)cc1N(CC(=O)N/N=C/c1ccc(N(C)C)c(Br)c1)S(=O)(=O)c1ccc(C)cc1. The summed E-state index contributed by atoms with van der Waals surface area (Å²) in [7, 11) is 1.25. The van der Waals surface area contributed by atoms with Gasteiger partial charge in [-0.15, -0.1) is 0 Å². The Balaban J connectivity index is 1.89. The first kappa shape index (κ1) is 27.2. The van der Waals surface area contributed by atoms with Gasteiger partial charge in [0.25, 0.3) is 15.9 Å². The second-order valence-corrected chi connectivity index (χ2v) is 11.1. The molecule has 0 radical (unpaired) electrons. The maximum absolute atomic E-state index is 13.6. The van der Waals surface area contributed by atoms with Gasteiger partial charge in [-0.3, -0.25) is 9.10 Å². The number of carbonyl (C=O) groups is 1. The molecule has 0 spiro atoms. The van der Waals surface area contributed by atoms with Crippen molar-refractivity contribution < 1.29 is 17.9 Å². The van der Waals surface area contributed by atoms with Crippen molar-refractivity contribution in [3.63, 3.8) is 0 Å². The van der Waals surface area contributed by atoms with Gasteiger partial charge in [-0.25, -0.2) is 13.8 Å². The van der Waals surface area contributed by atoms with Gasteiger partial charge in [-0.1, -0.05) is 29.8 Å². The molecule has 1 amide bonds. The highest BCUT2D eigenvalue weighted by Crippen LogP contribution is 2.33. The second-order valence-electron chi connectivity index (χ2n) is 8.40. The quantitative estimate of drug-likeness (QED) is 0.301. The molecule has 0 aliphatic rings. The van der Waals surface area contributed by atoms with Crippen molar-refractivity contribution in [2.75, 3.05) is 37.0 Å². The topological polar surface area (TPSA) is 91.3 Å². The molecule has 3 aromatic rings. The zero-order valence-corrected chi connectivity index (χ0v) is 23.2. The average molecular weight is 574 g/mol. The molecule has 0 aliphatic heterocycles. The third kappa shape index (κ3) is 6.44. The van der Waals surface area contributed by atoms with Gasteiger partial charge in [0.2, 0.25) is 0 Å². The molecule has 10 heteroatoms. The van der Waals surface area contributed by atoms with Crippen LogP contribution < -0.4 is 19.4 Å². The third-order valence-corrected chi connectivity index (χ3v) is 7.76. The first-order valence-electron chi connectivity index (χ1n) is 11.1. The smallest absolute Gasteiger partial charge is 0.264 e. The van der Waals surface area contributed by atoms with E-state index in [1.165, 1.54) is 25.5 Å². The first-order chi connectivity index (χ1) is 17.0. The Labute approximate surface area is 220 Å². The maximum atomic E-state index is 13.6. The summed E-state index contributed by atoms with van der Waals surface area (Å²) in [6.45, 7) is 3.22. The summed E-state index contributed by atoms with van der Waals surface area (Å²) in [5.74, 6) is -0.270. The molecule has 0 fully saturated rings. The largest absolute Gasteiger partial charge is 0.495 e. The standard InChI is InChI=1S/C26H29BrN4O4S/c1-18-6-10-21(11-7-18)36(33,34)31(24-14-19(2)8-13-25(24)35-5)17-26(32)29-28-16-20-9-12-23(30(3)4)22(27)15-20/h6-16H,17H2,1-5H3,(H,29,32)/b28-16+. The number of hydrogen-bond acceptors (Lipinski definition) is 6. The lowest BCUT2D eigenvalue weighted by Crippen LogP contribution is -2.39. The van der Waals surface area contributed by atoms with Gasteiger partial charge in [0.15, 0.2) is 0 Å². The summed E-state index contributed by atoms with van der Waals surface area (Å²) in [5, 5.41) is 4.02. The van der Waals surface area contributed by atoms with Crippen LogP contribution in [0.25, 0.3) is 0 Å². The molecular weight excluding hydrogens is 544 g/mol. The predicted octanol–water partition coefficient (Wildman–Crippen LogP) is 4.49. The van der Waals surface area contributed by atoms with Crippen LogP contribution in [0.3, 0.4) is 0 Å². The number of carbonyl (C=O) groups excluding carboxylic acids is 1. The molecule has 36 heavy (non-hydrogen) atoms. The Kier molecular flexibility index (Phi) is 8.75. The number of rotatable bonds is 9. The molecule has 0 saturated heterocycles. The van der Waals surface area contributed by atoms with Crippen molar-refractivity contribution in [3.05, 3.63) is 81.8 Å². The number of aryl methyl sites for hydroxylation is 2. The maximum Gasteiger partial charge on any atom is 0.264 e. The molecule has 0 heterocycles. The summed E-state index contributed by atoms with van der Waals surface area (Å²) in [5.41, 5.74) is 6.20. The molecule has 0 bridgehead atoms. The van der Waals surface area contributed by atoms with Crippen LogP contribution in [-0.2, 0) is 14.8 Å². The van der Waals surface area contributed by atoms with E-state index in [1.54, 1.807) is 24.3 Å². The number of hydrazone groups is 1. The molecule has 0 atom stereocenters. The van der Waals surface area contributed by atoms with Crippen molar-refractivity contribution in [2.24, 2.45) is 5.10 Å². The minimum absolute atomic E-state index is 0.0683. The number of benzene rings is 3. The summed E-state index contributed by atoms with van der Waals surface area (Å²) < 4.78 is 34.6. The van der Waals surface area contributed by atoms with E-state index < -0.39 is 22.5 Å². The Morgan fingerprint density at radius 1 is 1.00 bits per heavy atom. The first-order valence-corrected chi connectivity index (χ1v) is 13.3. The Bertz CT molecular complexity index is 1370. The summed E-state index contributed by atoms with van der Waals surface area (Å²) in [6, 6.07) is 17.3. The molecule has 1 N–H and O–H groups in total. The van der Waals surface area contributed by atoms with E-state index in [-0.39, 0.29) is 10.6 Å². The number of nitrogens with zero attached hydrogens (tertiary/aromatic N) is 3. The van der Waals surface area contributed by atoms with Crippen molar-refractivity contribution in [3.8, 4) is 5.75 Å². The fourth-order valence-corrected chi connectivity index (χ4v) is 5.62. The number of anilines is 2. The van der Waals surface area contributed by atoms with Crippen LogP contribution >= 0.6 is 15.9 Å². The number of amides is 1. The van der Waals surface area contributed by atoms with Crippen molar-refractivity contribution >= 4 is 49.4 Å². The number of nitrogens with one attached hydrogen (secondary N) is 1. The number of hydrogen-bond donors (Lipinski definition) is 1. The summed E-state index contributed by atoms with van der Waals surface area (Å²) >= 11 is 3.52. The van der Waals surface area contributed by atoms with E-state index in [1.807, 2.05) is 57.1 Å². The highest BCUT2D eigenvalue weighted by atomic mass is 79.9. The number of halogens is 1. The normalized spacial score (nSPS) is 11.4. The lowest BCUT2D eigenvalue weighted by molar-refractivity contribution is -0.119. The van der Waals surface area contributed by atoms with Gasteiger partial charge in [0.1, 0.15) is 12.3 Å². The minimum Gasteiger partial charge on any atom is -0.495 e. The van der Waals surface area contributed by atoms with Crippen LogP contribution in [0.15, 0.2) is 75.1 Å². The highest BCUT2D eigenvalue weighted by Gasteiger charge is 2.29.